The van der Waals surface area contributed by atoms with E-state index in [-0.39, 0.29) is 12.0 Å². The highest BCUT2D eigenvalue weighted by Gasteiger charge is 2.31. The Morgan fingerprint density at radius 1 is 1.28 bits per heavy atom. The van der Waals surface area contributed by atoms with Gasteiger partial charge in [0.1, 0.15) is 0 Å². The number of aliphatic hydroxyl groups excluding tert-OH is 1. The molecule has 0 spiro atoms. The smallest absolute Gasteiger partial charge is 0.388 e. The molecule has 0 bridgehead atoms. The quantitative estimate of drug-likeness (QED) is 0.899. The highest BCUT2D eigenvalue weighted by molar-refractivity contribution is 5.27. The van der Waals surface area contributed by atoms with Crippen molar-refractivity contribution in [1.82, 2.24) is 0 Å². The van der Waals surface area contributed by atoms with Gasteiger partial charge in [0.25, 0.3) is 0 Å². The van der Waals surface area contributed by atoms with E-state index in [4.69, 9.17) is 4.74 Å². The maximum absolute atomic E-state index is 12.5. The third-order valence-corrected chi connectivity index (χ3v) is 2.84. The molecule has 1 atom stereocenters. The number of hydrogen-bond donors (Lipinski definition) is 1. The van der Waals surface area contributed by atoms with Crippen molar-refractivity contribution in [3.8, 4) is 0 Å². The predicted octanol–water partition coefficient (Wildman–Crippen LogP) is 3.55. The molecule has 5 heteroatoms. The average Bonchev–Trinajstić information content (AvgIpc) is 2.27. The Hall–Kier alpha value is -1.07. The fourth-order valence-electron chi connectivity index (χ4n) is 1.59. The van der Waals surface area contributed by atoms with Crippen LogP contribution in [0.3, 0.4) is 0 Å². The van der Waals surface area contributed by atoms with Crippen LogP contribution >= 0.6 is 0 Å². The molecule has 1 aromatic carbocycles. The number of hydrogen-bond acceptors (Lipinski definition) is 2. The van der Waals surface area contributed by atoms with Crippen LogP contribution in [0.4, 0.5) is 13.2 Å². The Bertz CT molecular complexity index is 399. The van der Waals surface area contributed by atoms with Gasteiger partial charge in [-0.3, -0.25) is 0 Å². The lowest BCUT2D eigenvalue weighted by Crippen LogP contribution is -2.25. The lowest BCUT2D eigenvalue weighted by atomic mass is 9.95. The highest BCUT2D eigenvalue weighted by atomic mass is 19.4. The first-order valence-electron chi connectivity index (χ1n) is 5.56. The highest BCUT2D eigenvalue weighted by Crippen LogP contribution is 2.32. The van der Waals surface area contributed by atoms with E-state index in [0.29, 0.717) is 0 Å². The van der Waals surface area contributed by atoms with Crippen molar-refractivity contribution in [2.75, 3.05) is 7.11 Å². The SMILES string of the molecule is COC(C)(C)CC(O)c1cccc(C(F)(F)F)c1. The molecule has 0 aromatic heterocycles. The van der Waals surface area contributed by atoms with Crippen LogP contribution in [0.15, 0.2) is 24.3 Å². The van der Waals surface area contributed by atoms with Crippen LogP contribution in [0, 0.1) is 0 Å². The molecule has 1 unspecified atom stereocenters. The molecule has 1 N–H and O–H groups in total. The van der Waals surface area contributed by atoms with E-state index in [0.717, 1.165) is 12.1 Å². The molecule has 0 amide bonds. The second-order valence-electron chi connectivity index (χ2n) is 4.81. The van der Waals surface area contributed by atoms with Gasteiger partial charge < -0.3 is 9.84 Å². The maximum atomic E-state index is 12.5. The average molecular weight is 262 g/mol. The van der Waals surface area contributed by atoms with Gasteiger partial charge in [0.2, 0.25) is 0 Å². The summed E-state index contributed by atoms with van der Waals surface area (Å²) in [5.74, 6) is 0. The van der Waals surface area contributed by atoms with Crippen LogP contribution in [0.25, 0.3) is 0 Å². The van der Waals surface area contributed by atoms with E-state index in [1.165, 1.54) is 19.2 Å². The minimum atomic E-state index is -4.40. The summed E-state index contributed by atoms with van der Waals surface area (Å²) in [7, 11) is 1.50. The van der Waals surface area contributed by atoms with Gasteiger partial charge in [-0.05, 0) is 31.5 Å². The topological polar surface area (TPSA) is 29.5 Å². The van der Waals surface area contributed by atoms with Gasteiger partial charge in [-0.25, -0.2) is 0 Å². The normalized spacial score (nSPS) is 14.6. The van der Waals surface area contributed by atoms with Crippen LogP contribution < -0.4 is 0 Å². The van der Waals surface area contributed by atoms with Gasteiger partial charge in [0.15, 0.2) is 0 Å². The van der Waals surface area contributed by atoms with Gasteiger partial charge in [-0.1, -0.05) is 12.1 Å². The van der Waals surface area contributed by atoms with E-state index in [9.17, 15) is 18.3 Å². The van der Waals surface area contributed by atoms with E-state index in [1.54, 1.807) is 13.8 Å². The number of benzene rings is 1. The van der Waals surface area contributed by atoms with Crippen molar-refractivity contribution >= 4 is 0 Å². The zero-order chi connectivity index (χ0) is 14.0. The standard InChI is InChI=1S/C13H17F3O2/c1-12(2,18-3)8-11(17)9-5-4-6-10(7-9)13(14,15)16/h4-7,11,17H,8H2,1-3H3. The van der Waals surface area contributed by atoms with Gasteiger partial charge in [-0.15, -0.1) is 0 Å². The van der Waals surface area contributed by atoms with Crippen LogP contribution in [-0.4, -0.2) is 17.8 Å². The third-order valence-electron chi connectivity index (χ3n) is 2.84. The first-order valence-corrected chi connectivity index (χ1v) is 5.56. The molecule has 0 saturated carbocycles. The molecule has 0 saturated heterocycles. The van der Waals surface area contributed by atoms with Crippen molar-refractivity contribution in [1.29, 1.82) is 0 Å². The van der Waals surface area contributed by atoms with E-state index < -0.39 is 23.4 Å². The molecule has 1 rings (SSSR count). The Kier molecular flexibility index (Phi) is 4.40. The predicted molar refractivity (Wildman–Crippen MR) is 62.1 cm³/mol. The summed E-state index contributed by atoms with van der Waals surface area (Å²) >= 11 is 0. The molecule has 18 heavy (non-hydrogen) atoms. The summed E-state index contributed by atoms with van der Waals surface area (Å²) in [6, 6.07) is 4.72. The fourth-order valence-corrected chi connectivity index (χ4v) is 1.59. The lowest BCUT2D eigenvalue weighted by molar-refractivity contribution is -0.137. The molecule has 102 valence electrons. The zero-order valence-corrected chi connectivity index (χ0v) is 10.6. The first-order chi connectivity index (χ1) is 8.15. The summed E-state index contributed by atoms with van der Waals surface area (Å²) in [5, 5.41) is 9.93. The van der Waals surface area contributed by atoms with Gasteiger partial charge >= 0.3 is 6.18 Å². The molecule has 0 radical (unpaired) electrons. The molecule has 0 aliphatic carbocycles. The third kappa shape index (κ3) is 3.99. The van der Waals surface area contributed by atoms with Crippen LogP contribution in [0.5, 0.6) is 0 Å². The van der Waals surface area contributed by atoms with Crippen molar-refractivity contribution in [2.45, 2.75) is 38.1 Å². The second-order valence-corrected chi connectivity index (χ2v) is 4.81. The Balaban J connectivity index is 2.90. The summed E-state index contributed by atoms with van der Waals surface area (Å²) in [5.41, 5.74) is -1.10. The summed E-state index contributed by atoms with van der Waals surface area (Å²) in [6.07, 6.45) is -5.15. The minimum Gasteiger partial charge on any atom is -0.388 e. The molecule has 1 aromatic rings. The number of ether oxygens (including phenoxy) is 1. The summed E-state index contributed by atoms with van der Waals surface area (Å²) in [6.45, 7) is 3.54. The molecule has 0 heterocycles. The largest absolute Gasteiger partial charge is 0.416 e. The van der Waals surface area contributed by atoms with Crippen molar-refractivity contribution in [3.63, 3.8) is 0 Å². The van der Waals surface area contributed by atoms with Crippen LogP contribution in [0.2, 0.25) is 0 Å². The molecule has 0 aliphatic rings. The molecule has 2 nitrogen and oxygen atoms in total. The Labute approximate surface area is 104 Å². The first kappa shape index (κ1) is 15.0. The zero-order valence-electron chi connectivity index (χ0n) is 10.6. The number of aliphatic hydroxyl groups is 1. The number of methoxy groups -OCH3 is 1. The van der Waals surface area contributed by atoms with Crippen molar-refractivity contribution < 1.29 is 23.0 Å². The molecule has 0 aliphatic heterocycles. The fraction of sp³-hybridized carbons (Fsp3) is 0.538. The van der Waals surface area contributed by atoms with Crippen LogP contribution in [0.1, 0.15) is 37.5 Å². The van der Waals surface area contributed by atoms with E-state index in [2.05, 4.69) is 0 Å². The monoisotopic (exact) mass is 262 g/mol. The lowest BCUT2D eigenvalue weighted by Gasteiger charge is -2.26. The number of rotatable bonds is 4. The van der Waals surface area contributed by atoms with Crippen LogP contribution in [-0.2, 0) is 10.9 Å². The minimum absolute atomic E-state index is 0.227. The number of alkyl halides is 3. The van der Waals surface area contributed by atoms with Crippen molar-refractivity contribution in [2.24, 2.45) is 0 Å². The van der Waals surface area contributed by atoms with Crippen molar-refractivity contribution in [3.05, 3.63) is 35.4 Å². The maximum Gasteiger partial charge on any atom is 0.416 e. The molecule has 0 fully saturated rings. The molecular formula is C13H17F3O2. The number of halogens is 3. The summed E-state index contributed by atoms with van der Waals surface area (Å²) < 4.78 is 42.7. The van der Waals surface area contributed by atoms with Gasteiger partial charge in [-0.2, -0.15) is 13.2 Å². The van der Waals surface area contributed by atoms with Gasteiger partial charge in [0, 0.05) is 13.5 Å². The Morgan fingerprint density at radius 2 is 1.89 bits per heavy atom. The van der Waals surface area contributed by atoms with Gasteiger partial charge in [0.05, 0.1) is 17.3 Å². The Morgan fingerprint density at radius 3 is 2.39 bits per heavy atom. The van der Waals surface area contributed by atoms with E-state index >= 15 is 0 Å². The van der Waals surface area contributed by atoms with E-state index in [1.807, 2.05) is 0 Å². The summed E-state index contributed by atoms with van der Waals surface area (Å²) in [4.78, 5) is 0. The second kappa shape index (κ2) is 5.28. The molecular weight excluding hydrogens is 245 g/mol.